The molecule has 3 nitrogen and oxygen atoms in total. The molecule has 0 spiro atoms. The summed E-state index contributed by atoms with van der Waals surface area (Å²) in [5.41, 5.74) is 2.62. The Labute approximate surface area is 134 Å². The lowest BCUT2D eigenvalue weighted by atomic mass is 10.1. The van der Waals surface area contributed by atoms with Crippen LogP contribution >= 0.6 is 0 Å². The van der Waals surface area contributed by atoms with Gasteiger partial charge in [-0.05, 0) is 67.1 Å². The Morgan fingerprint density at radius 2 is 1.74 bits per heavy atom. The number of halogens is 2. The second-order valence-corrected chi connectivity index (χ2v) is 7.51. The highest BCUT2D eigenvalue weighted by Gasteiger charge is 2.21. The molecule has 3 rings (SSSR count). The van der Waals surface area contributed by atoms with Crippen LogP contribution in [0.25, 0.3) is 0 Å². The van der Waals surface area contributed by atoms with E-state index in [1.807, 2.05) is 6.07 Å². The predicted molar refractivity (Wildman–Crippen MR) is 83.6 cm³/mol. The molecule has 0 saturated heterocycles. The number of rotatable bonds is 4. The molecule has 0 aliphatic heterocycles. The fraction of sp³-hybridized carbons (Fsp3) is 0.294. The van der Waals surface area contributed by atoms with E-state index in [1.165, 1.54) is 11.6 Å². The lowest BCUT2D eigenvalue weighted by molar-refractivity contribution is 0.504. The molecule has 2 aromatic rings. The van der Waals surface area contributed by atoms with Gasteiger partial charge < -0.3 is 0 Å². The van der Waals surface area contributed by atoms with Crippen molar-refractivity contribution in [1.82, 2.24) is 4.72 Å². The van der Waals surface area contributed by atoms with Crippen LogP contribution in [-0.4, -0.2) is 8.42 Å². The summed E-state index contributed by atoms with van der Waals surface area (Å²) in [6, 6.07) is 7.83. The van der Waals surface area contributed by atoms with Crippen molar-refractivity contribution in [2.24, 2.45) is 0 Å². The Hall–Kier alpha value is -1.79. The molecular formula is C17H17F2NO2S. The maximum atomic E-state index is 13.3. The summed E-state index contributed by atoms with van der Waals surface area (Å²) in [5, 5.41) is 0. The van der Waals surface area contributed by atoms with E-state index >= 15 is 0 Å². The van der Waals surface area contributed by atoms with Crippen LogP contribution in [0.2, 0.25) is 0 Å². The fourth-order valence-electron chi connectivity index (χ4n) is 2.87. The average Bonchev–Trinajstić information content (AvgIpc) is 2.97. The van der Waals surface area contributed by atoms with E-state index in [4.69, 9.17) is 0 Å². The second kappa shape index (κ2) is 6.02. The molecule has 0 fully saturated rings. The quantitative estimate of drug-likeness (QED) is 0.928. The van der Waals surface area contributed by atoms with Crippen LogP contribution in [0, 0.1) is 11.6 Å². The number of benzene rings is 2. The molecule has 0 bridgehead atoms. The summed E-state index contributed by atoms with van der Waals surface area (Å²) in [4.78, 5) is 0.201. The molecule has 23 heavy (non-hydrogen) atoms. The minimum atomic E-state index is -3.72. The first-order valence-electron chi connectivity index (χ1n) is 7.46. The van der Waals surface area contributed by atoms with Crippen molar-refractivity contribution in [2.45, 2.75) is 37.1 Å². The van der Waals surface area contributed by atoms with Gasteiger partial charge in [0.15, 0.2) is 11.6 Å². The fourth-order valence-corrected chi connectivity index (χ4v) is 4.15. The van der Waals surface area contributed by atoms with Crippen molar-refractivity contribution >= 4 is 10.0 Å². The number of fused-ring (bicyclic) bond motifs is 1. The van der Waals surface area contributed by atoms with Gasteiger partial charge in [-0.25, -0.2) is 21.9 Å². The SMILES string of the molecule is C[C@H](NS(=O)(=O)c1ccc2c(c1)CCC2)c1ccc(F)c(F)c1. The molecule has 0 amide bonds. The van der Waals surface area contributed by atoms with Crippen molar-refractivity contribution in [3.8, 4) is 0 Å². The first-order valence-corrected chi connectivity index (χ1v) is 8.94. The van der Waals surface area contributed by atoms with Crippen LogP contribution in [0.5, 0.6) is 0 Å². The first kappa shape index (κ1) is 16.1. The molecular weight excluding hydrogens is 320 g/mol. The van der Waals surface area contributed by atoms with E-state index in [1.54, 1.807) is 19.1 Å². The van der Waals surface area contributed by atoms with Crippen LogP contribution in [0.4, 0.5) is 8.78 Å². The summed E-state index contributed by atoms with van der Waals surface area (Å²) in [6.45, 7) is 1.59. The molecule has 0 unspecified atom stereocenters. The Bertz CT molecular complexity index is 850. The summed E-state index contributed by atoms with van der Waals surface area (Å²) >= 11 is 0. The van der Waals surface area contributed by atoms with E-state index < -0.39 is 27.7 Å². The normalized spacial score (nSPS) is 15.4. The van der Waals surface area contributed by atoms with Gasteiger partial charge in [0.05, 0.1) is 4.90 Å². The van der Waals surface area contributed by atoms with Crippen LogP contribution in [0.1, 0.15) is 36.1 Å². The summed E-state index contributed by atoms with van der Waals surface area (Å²) in [7, 11) is -3.72. The number of nitrogens with one attached hydrogen (secondary N) is 1. The smallest absolute Gasteiger partial charge is 0.207 e. The lowest BCUT2D eigenvalue weighted by Crippen LogP contribution is -2.27. The van der Waals surface area contributed by atoms with Crippen molar-refractivity contribution in [3.63, 3.8) is 0 Å². The maximum absolute atomic E-state index is 13.3. The largest absolute Gasteiger partial charge is 0.241 e. The number of sulfonamides is 1. The Morgan fingerprint density at radius 1 is 1.00 bits per heavy atom. The molecule has 0 aromatic heterocycles. The molecule has 1 aliphatic rings. The molecule has 1 atom stereocenters. The van der Waals surface area contributed by atoms with E-state index in [0.29, 0.717) is 5.56 Å². The van der Waals surface area contributed by atoms with Crippen molar-refractivity contribution in [2.75, 3.05) is 0 Å². The highest BCUT2D eigenvalue weighted by Crippen LogP contribution is 2.26. The van der Waals surface area contributed by atoms with Crippen LogP contribution in [0.15, 0.2) is 41.3 Å². The topological polar surface area (TPSA) is 46.2 Å². The van der Waals surface area contributed by atoms with Gasteiger partial charge in [0.2, 0.25) is 10.0 Å². The third-order valence-corrected chi connectivity index (χ3v) is 5.69. The standard InChI is InChI=1S/C17H17F2NO2S/c1-11(13-6-8-16(18)17(19)10-13)20-23(21,22)15-7-5-12-3-2-4-14(12)9-15/h5-11,20H,2-4H2,1H3/t11-/m0/s1. The zero-order valence-corrected chi connectivity index (χ0v) is 13.5. The molecule has 1 N–H and O–H groups in total. The summed E-state index contributed by atoms with van der Waals surface area (Å²) in [6.07, 6.45) is 2.91. The zero-order valence-electron chi connectivity index (χ0n) is 12.6. The minimum Gasteiger partial charge on any atom is -0.207 e. The van der Waals surface area contributed by atoms with E-state index in [2.05, 4.69) is 4.72 Å². The predicted octanol–water partition coefficient (Wildman–Crippen LogP) is 3.49. The van der Waals surface area contributed by atoms with Gasteiger partial charge >= 0.3 is 0 Å². The number of aryl methyl sites for hydroxylation is 2. The van der Waals surface area contributed by atoms with E-state index in [-0.39, 0.29) is 4.90 Å². The monoisotopic (exact) mass is 337 g/mol. The van der Waals surface area contributed by atoms with Gasteiger partial charge in [0, 0.05) is 6.04 Å². The summed E-state index contributed by atoms with van der Waals surface area (Å²) < 4.78 is 53.8. The maximum Gasteiger partial charge on any atom is 0.241 e. The van der Waals surface area contributed by atoms with Crippen molar-refractivity contribution in [1.29, 1.82) is 0 Å². The van der Waals surface area contributed by atoms with Gasteiger partial charge in [-0.15, -0.1) is 0 Å². The molecule has 122 valence electrons. The average molecular weight is 337 g/mol. The zero-order chi connectivity index (χ0) is 16.6. The Kier molecular flexibility index (Phi) is 4.21. The molecule has 0 heterocycles. The molecule has 0 radical (unpaired) electrons. The third kappa shape index (κ3) is 3.28. The van der Waals surface area contributed by atoms with Crippen molar-refractivity contribution < 1.29 is 17.2 Å². The number of hydrogen-bond acceptors (Lipinski definition) is 2. The summed E-state index contributed by atoms with van der Waals surface area (Å²) in [5.74, 6) is -1.95. The van der Waals surface area contributed by atoms with Gasteiger partial charge in [-0.1, -0.05) is 12.1 Å². The minimum absolute atomic E-state index is 0.201. The second-order valence-electron chi connectivity index (χ2n) is 5.80. The molecule has 6 heteroatoms. The highest BCUT2D eigenvalue weighted by atomic mass is 32.2. The van der Waals surface area contributed by atoms with Gasteiger partial charge in [0.1, 0.15) is 0 Å². The van der Waals surface area contributed by atoms with Crippen LogP contribution in [0.3, 0.4) is 0 Å². The molecule has 2 aromatic carbocycles. The van der Waals surface area contributed by atoms with Crippen LogP contribution in [-0.2, 0) is 22.9 Å². The number of hydrogen-bond donors (Lipinski definition) is 1. The van der Waals surface area contributed by atoms with Gasteiger partial charge in [-0.3, -0.25) is 0 Å². The Balaban J connectivity index is 1.84. The molecule has 0 saturated carbocycles. The van der Waals surface area contributed by atoms with Crippen molar-refractivity contribution in [3.05, 3.63) is 64.7 Å². The van der Waals surface area contributed by atoms with E-state index in [9.17, 15) is 17.2 Å². The highest BCUT2D eigenvalue weighted by molar-refractivity contribution is 7.89. The van der Waals surface area contributed by atoms with Gasteiger partial charge in [-0.2, -0.15) is 0 Å². The third-order valence-electron chi connectivity index (χ3n) is 4.16. The Morgan fingerprint density at radius 3 is 2.48 bits per heavy atom. The van der Waals surface area contributed by atoms with Crippen LogP contribution < -0.4 is 4.72 Å². The first-order chi connectivity index (χ1) is 10.9. The molecule has 1 aliphatic carbocycles. The lowest BCUT2D eigenvalue weighted by Gasteiger charge is -2.15. The van der Waals surface area contributed by atoms with E-state index in [0.717, 1.165) is 37.0 Å². The van der Waals surface area contributed by atoms with Gasteiger partial charge in [0.25, 0.3) is 0 Å².